The predicted octanol–water partition coefficient (Wildman–Crippen LogP) is 3.04. The zero-order valence-electron chi connectivity index (χ0n) is 19.2. The number of hydrogen-bond acceptors (Lipinski definition) is 7. The quantitative estimate of drug-likeness (QED) is 0.160. The molecule has 3 aliphatic rings. The number of aromatic hydroxyl groups is 2. The van der Waals surface area contributed by atoms with Crippen molar-refractivity contribution in [2.75, 3.05) is 22.9 Å². The predicted molar refractivity (Wildman–Crippen MR) is 151 cm³/mol. The van der Waals surface area contributed by atoms with Crippen LogP contribution < -0.4 is 33.5 Å². The number of phenolic OH excluding ortho intramolecular Hbond substituents is 2. The van der Waals surface area contributed by atoms with E-state index in [1.807, 2.05) is 24.3 Å². The monoisotopic (exact) mass is 508 g/mol. The van der Waals surface area contributed by atoms with E-state index in [1.165, 1.54) is 0 Å². The summed E-state index contributed by atoms with van der Waals surface area (Å²) in [6, 6.07) is 0. The maximum absolute atomic E-state index is 13.4. The van der Waals surface area contributed by atoms with Gasteiger partial charge in [0.25, 0.3) is 0 Å². The van der Waals surface area contributed by atoms with E-state index in [2.05, 4.69) is 18.5 Å². The maximum Gasteiger partial charge on any atom is 0.163 e. The van der Waals surface area contributed by atoms with E-state index in [-0.39, 0.29) is 46.2 Å². The SMILES string of the molecule is Nc1c(O)c(N)c(C2C=CC2)c(P)c1C1=CC(=O)[C@@H](c2c(N)c(P)c(C3C=CC3)c(N)c2O)CC1. The summed E-state index contributed by atoms with van der Waals surface area (Å²) in [4.78, 5) is 13.4. The molecule has 0 fully saturated rings. The van der Waals surface area contributed by atoms with E-state index < -0.39 is 5.92 Å². The van der Waals surface area contributed by atoms with Crippen LogP contribution in [-0.4, -0.2) is 16.0 Å². The first kappa shape index (κ1) is 23.7. The molecule has 0 spiro atoms. The Labute approximate surface area is 208 Å². The normalized spacial score (nSPS) is 23.1. The second-order valence-corrected chi connectivity index (χ2v) is 10.7. The number of ketones is 1. The molecule has 0 saturated heterocycles. The molecule has 0 aromatic heterocycles. The van der Waals surface area contributed by atoms with Crippen molar-refractivity contribution in [3.63, 3.8) is 0 Å². The molecular weight excluding hydrogens is 478 g/mol. The van der Waals surface area contributed by atoms with Crippen LogP contribution in [0.5, 0.6) is 11.5 Å². The lowest BCUT2D eigenvalue weighted by molar-refractivity contribution is -0.116. The van der Waals surface area contributed by atoms with E-state index in [4.69, 9.17) is 22.9 Å². The zero-order valence-corrected chi connectivity index (χ0v) is 21.5. The summed E-state index contributed by atoms with van der Waals surface area (Å²) in [6.07, 6.45) is 12.3. The molecule has 10 N–H and O–H groups in total. The largest absolute Gasteiger partial charge is 0.505 e. The minimum absolute atomic E-state index is 0.101. The maximum atomic E-state index is 13.4. The Morgan fingerprint density at radius 2 is 1.31 bits per heavy atom. The molecule has 0 saturated carbocycles. The standard InChI is InChI=1S/C26H30N4O3P2/c27-19-16(11-5-2-6-11)26(35)22(30)18(23(19)32)13-8-7-12(9-14(13)31)17-21(29)24(33)20(28)15(25(17)34)10-3-1-4-10/h1-3,5,9-11,13,32-33H,4,6-8,27-30,34-35H2/t10?,11?,13-/m0/s1. The van der Waals surface area contributed by atoms with Gasteiger partial charge in [0.2, 0.25) is 0 Å². The van der Waals surface area contributed by atoms with E-state index >= 15 is 0 Å². The van der Waals surface area contributed by atoms with Crippen molar-refractivity contribution < 1.29 is 15.0 Å². The van der Waals surface area contributed by atoms with Crippen molar-refractivity contribution in [2.24, 2.45) is 0 Å². The van der Waals surface area contributed by atoms with Gasteiger partial charge in [-0.1, -0.05) is 24.3 Å². The number of carbonyl (C=O) groups excluding carboxylic acids is 1. The van der Waals surface area contributed by atoms with Gasteiger partial charge in [0.05, 0.1) is 23.0 Å². The van der Waals surface area contributed by atoms with Gasteiger partial charge in [-0.05, 0) is 59.1 Å². The van der Waals surface area contributed by atoms with Crippen LogP contribution in [0.4, 0.5) is 22.7 Å². The molecule has 4 unspecified atom stereocenters. The third kappa shape index (κ3) is 3.52. The first-order valence-electron chi connectivity index (χ1n) is 11.6. The van der Waals surface area contributed by atoms with Crippen molar-refractivity contribution >= 4 is 63.2 Å². The van der Waals surface area contributed by atoms with E-state index in [0.717, 1.165) is 40.2 Å². The topological polar surface area (TPSA) is 162 Å². The molecule has 0 amide bonds. The molecule has 2 aromatic rings. The van der Waals surface area contributed by atoms with Crippen LogP contribution in [0.15, 0.2) is 30.4 Å². The van der Waals surface area contributed by atoms with Crippen molar-refractivity contribution in [2.45, 2.75) is 43.4 Å². The molecule has 5 rings (SSSR count). The van der Waals surface area contributed by atoms with Gasteiger partial charge in [0, 0.05) is 28.7 Å². The summed E-state index contributed by atoms with van der Waals surface area (Å²) in [6.45, 7) is 0. The van der Waals surface area contributed by atoms with Crippen LogP contribution in [0.25, 0.3) is 5.57 Å². The Morgan fingerprint density at radius 3 is 1.83 bits per heavy atom. The lowest BCUT2D eigenvalue weighted by atomic mass is 9.77. The number of benzene rings is 2. The van der Waals surface area contributed by atoms with Crippen molar-refractivity contribution in [3.8, 4) is 11.5 Å². The molecule has 9 heteroatoms. The summed E-state index contributed by atoms with van der Waals surface area (Å²) in [5, 5.41) is 23.2. The lowest BCUT2D eigenvalue weighted by Crippen LogP contribution is -2.25. The Bertz CT molecular complexity index is 1350. The third-order valence-electron chi connectivity index (χ3n) is 7.59. The number of anilines is 4. The summed E-state index contributed by atoms with van der Waals surface area (Å²) >= 11 is 0. The second kappa shape index (κ2) is 8.58. The van der Waals surface area contributed by atoms with Crippen molar-refractivity contribution in [3.05, 3.63) is 52.6 Å². The molecule has 5 atom stereocenters. The number of rotatable bonds is 4. The van der Waals surface area contributed by atoms with Gasteiger partial charge in [0.1, 0.15) is 5.75 Å². The fourth-order valence-electron chi connectivity index (χ4n) is 5.39. The molecule has 35 heavy (non-hydrogen) atoms. The zero-order chi connectivity index (χ0) is 25.2. The molecule has 0 bridgehead atoms. The fourth-order valence-corrected chi connectivity index (χ4v) is 6.63. The molecule has 3 aliphatic carbocycles. The van der Waals surface area contributed by atoms with E-state index in [0.29, 0.717) is 29.7 Å². The smallest absolute Gasteiger partial charge is 0.163 e. The Kier molecular flexibility index (Phi) is 5.82. The summed E-state index contributed by atoms with van der Waals surface area (Å²) in [5.74, 6) is -0.880. The Balaban J connectivity index is 1.56. The first-order valence-corrected chi connectivity index (χ1v) is 12.7. The minimum Gasteiger partial charge on any atom is -0.505 e. The van der Waals surface area contributed by atoms with Gasteiger partial charge in [-0.15, -0.1) is 18.5 Å². The highest BCUT2D eigenvalue weighted by molar-refractivity contribution is 7.28. The van der Waals surface area contributed by atoms with Crippen LogP contribution >= 0.6 is 18.5 Å². The summed E-state index contributed by atoms with van der Waals surface area (Å²) < 4.78 is 0. The summed E-state index contributed by atoms with van der Waals surface area (Å²) in [5.41, 5.74) is 29.7. The average molecular weight is 508 g/mol. The molecule has 7 nitrogen and oxygen atoms in total. The molecule has 2 aromatic carbocycles. The first-order chi connectivity index (χ1) is 16.6. The number of phenols is 2. The van der Waals surface area contributed by atoms with Crippen LogP contribution in [0.1, 0.15) is 65.7 Å². The van der Waals surface area contributed by atoms with Gasteiger partial charge in [0.15, 0.2) is 11.5 Å². The fraction of sp³-hybridized carbons (Fsp3) is 0.269. The summed E-state index contributed by atoms with van der Waals surface area (Å²) in [7, 11) is 5.32. The highest BCUT2D eigenvalue weighted by Gasteiger charge is 2.34. The van der Waals surface area contributed by atoms with Crippen LogP contribution in [0.2, 0.25) is 0 Å². The van der Waals surface area contributed by atoms with Crippen LogP contribution in [0, 0.1) is 0 Å². The molecule has 182 valence electrons. The number of allylic oxidation sites excluding steroid dienone is 6. The molecule has 0 aliphatic heterocycles. The minimum atomic E-state index is -0.628. The molecule has 0 heterocycles. The van der Waals surface area contributed by atoms with Gasteiger partial charge in [-0.3, -0.25) is 4.79 Å². The number of nitrogen functional groups attached to an aromatic ring is 4. The number of hydrogen-bond donors (Lipinski definition) is 6. The van der Waals surface area contributed by atoms with Crippen LogP contribution in [0.3, 0.4) is 0 Å². The highest BCUT2D eigenvalue weighted by Crippen LogP contribution is 2.48. The second-order valence-electron chi connectivity index (χ2n) is 9.50. The van der Waals surface area contributed by atoms with Crippen LogP contribution in [-0.2, 0) is 4.79 Å². The van der Waals surface area contributed by atoms with E-state index in [1.54, 1.807) is 6.08 Å². The van der Waals surface area contributed by atoms with Crippen molar-refractivity contribution in [1.82, 2.24) is 0 Å². The highest BCUT2D eigenvalue weighted by atomic mass is 31.0. The van der Waals surface area contributed by atoms with Gasteiger partial charge >= 0.3 is 0 Å². The lowest BCUT2D eigenvalue weighted by Gasteiger charge is -2.30. The number of carbonyl (C=O) groups is 1. The molecular formula is C26H30N4O3P2. The van der Waals surface area contributed by atoms with E-state index in [9.17, 15) is 15.0 Å². The van der Waals surface area contributed by atoms with Gasteiger partial charge in [-0.25, -0.2) is 0 Å². The van der Waals surface area contributed by atoms with Gasteiger partial charge < -0.3 is 33.1 Å². The Hall–Kier alpha value is -3.01. The molecule has 0 radical (unpaired) electrons. The van der Waals surface area contributed by atoms with Gasteiger partial charge in [-0.2, -0.15) is 0 Å². The van der Waals surface area contributed by atoms with Crippen molar-refractivity contribution in [1.29, 1.82) is 0 Å². The third-order valence-corrected chi connectivity index (χ3v) is 8.81. The average Bonchev–Trinajstić information content (AvgIpc) is 2.75. The number of nitrogens with two attached hydrogens (primary N) is 4. The Morgan fingerprint density at radius 1 is 0.771 bits per heavy atom.